The first-order chi connectivity index (χ1) is 7.75. The molecule has 0 aromatic carbocycles. The molecule has 0 spiro atoms. The van der Waals surface area contributed by atoms with Gasteiger partial charge in [-0.3, -0.25) is 15.5 Å². The topological polar surface area (TPSA) is 56.2 Å². The zero-order chi connectivity index (χ0) is 14.9. The normalized spacial score (nSPS) is 13.2. The van der Waals surface area contributed by atoms with E-state index >= 15 is 0 Å². The van der Waals surface area contributed by atoms with Crippen LogP contribution in [0.25, 0.3) is 0 Å². The number of hydrogen-bond acceptors (Lipinski definition) is 2. The van der Waals surface area contributed by atoms with Crippen LogP contribution in [0.2, 0.25) is 0 Å². The van der Waals surface area contributed by atoms with Crippen molar-refractivity contribution in [3.8, 4) is 0 Å². The SMILES string of the molecule is CN(C)C(=N)NC(=O)C(F)(F)C(F)(F)C(F)(F)F. The zero-order valence-electron chi connectivity index (χ0n) is 9.00. The molecule has 1 amide bonds. The summed E-state index contributed by atoms with van der Waals surface area (Å²) in [6, 6.07) is 0. The third-order valence-corrected chi connectivity index (χ3v) is 1.71. The summed E-state index contributed by atoms with van der Waals surface area (Å²) in [6.07, 6.45) is -6.59. The molecule has 0 fully saturated rings. The Hall–Kier alpha value is -1.55. The van der Waals surface area contributed by atoms with Gasteiger partial charge in [-0.2, -0.15) is 30.7 Å². The molecule has 0 radical (unpaired) electrons. The monoisotopic (exact) mass is 283 g/mol. The van der Waals surface area contributed by atoms with Crippen molar-refractivity contribution in [2.75, 3.05) is 14.1 Å². The highest BCUT2D eigenvalue weighted by Crippen LogP contribution is 2.46. The van der Waals surface area contributed by atoms with E-state index in [4.69, 9.17) is 5.41 Å². The average Bonchev–Trinajstić information content (AvgIpc) is 2.14. The molecule has 0 aliphatic carbocycles. The van der Waals surface area contributed by atoms with Gasteiger partial charge in [0.25, 0.3) is 0 Å². The second kappa shape index (κ2) is 4.61. The van der Waals surface area contributed by atoms with E-state index in [1.807, 2.05) is 0 Å². The lowest BCUT2D eigenvalue weighted by atomic mass is 10.1. The summed E-state index contributed by atoms with van der Waals surface area (Å²) >= 11 is 0. The maximum Gasteiger partial charge on any atom is 0.460 e. The van der Waals surface area contributed by atoms with Crippen LogP contribution < -0.4 is 5.32 Å². The van der Waals surface area contributed by atoms with E-state index in [1.54, 1.807) is 0 Å². The molecule has 106 valence electrons. The molecule has 0 bridgehead atoms. The Morgan fingerprint density at radius 1 is 1.06 bits per heavy atom. The number of alkyl halides is 7. The fourth-order valence-corrected chi connectivity index (χ4v) is 0.618. The number of carbonyl (C=O) groups is 1. The minimum Gasteiger partial charge on any atom is -0.349 e. The Bertz CT molecular complexity index is 349. The van der Waals surface area contributed by atoms with Crippen LogP contribution in [0.4, 0.5) is 30.7 Å². The van der Waals surface area contributed by atoms with Gasteiger partial charge in [-0.15, -0.1) is 0 Å². The smallest absolute Gasteiger partial charge is 0.349 e. The number of amides is 1. The Balaban J connectivity index is 5.16. The van der Waals surface area contributed by atoms with Crippen LogP contribution in [-0.2, 0) is 4.79 Å². The Labute approximate surface area is 96.2 Å². The van der Waals surface area contributed by atoms with Crippen molar-refractivity contribution in [3.63, 3.8) is 0 Å². The van der Waals surface area contributed by atoms with Gasteiger partial charge in [-0.25, -0.2) is 0 Å². The van der Waals surface area contributed by atoms with Crippen LogP contribution in [0.3, 0.4) is 0 Å². The van der Waals surface area contributed by atoms with Crippen LogP contribution >= 0.6 is 0 Å². The standard InChI is InChI=1S/C7H8F7N3O/c1-17(2)4(15)16-3(18)5(8,9)6(10,11)7(12,13)14/h1-2H3,(H2,15,16,18). The molecule has 0 aromatic heterocycles. The van der Waals surface area contributed by atoms with Crippen LogP contribution in [-0.4, -0.2) is 48.9 Å². The Morgan fingerprint density at radius 2 is 1.44 bits per heavy atom. The fraction of sp³-hybridized carbons (Fsp3) is 0.714. The predicted octanol–water partition coefficient (Wildman–Crippen LogP) is 1.43. The minimum absolute atomic E-state index is 0.722. The highest BCUT2D eigenvalue weighted by atomic mass is 19.4. The first-order valence-corrected chi connectivity index (χ1v) is 4.15. The van der Waals surface area contributed by atoms with Crippen molar-refractivity contribution < 1.29 is 35.5 Å². The molecule has 0 unspecified atom stereocenters. The van der Waals surface area contributed by atoms with Gasteiger partial charge in [0.15, 0.2) is 5.96 Å². The number of nitrogens with one attached hydrogen (secondary N) is 2. The number of nitrogens with zero attached hydrogens (tertiary/aromatic N) is 1. The molecule has 11 heteroatoms. The molecule has 0 saturated heterocycles. The quantitative estimate of drug-likeness (QED) is 0.457. The summed E-state index contributed by atoms with van der Waals surface area (Å²) < 4.78 is 85.3. The largest absolute Gasteiger partial charge is 0.460 e. The van der Waals surface area contributed by atoms with Gasteiger partial charge in [0.2, 0.25) is 0 Å². The van der Waals surface area contributed by atoms with Crippen molar-refractivity contribution in [1.29, 1.82) is 5.41 Å². The number of guanidine groups is 1. The van der Waals surface area contributed by atoms with Gasteiger partial charge in [0.05, 0.1) is 0 Å². The van der Waals surface area contributed by atoms with E-state index in [0.717, 1.165) is 24.3 Å². The summed E-state index contributed by atoms with van der Waals surface area (Å²) in [6.45, 7) is 0. The molecule has 0 rings (SSSR count). The van der Waals surface area contributed by atoms with E-state index in [2.05, 4.69) is 0 Å². The number of halogens is 7. The fourth-order valence-electron chi connectivity index (χ4n) is 0.618. The maximum absolute atomic E-state index is 12.7. The van der Waals surface area contributed by atoms with Crippen molar-refractivity contribution in [1.82, 2.24) is 10.2 Å². The average molecular weight is 283 g/mol. The van der Waals surface area contributed by atoms with Crippen molar-refractivity contribution in [2.45, 2.75) is 18.0 Å². The van der Waals surface area contributed by atoms with Crippen LogP contribution in [0.15, 0.2) is 0 Å². The van der Waals surface area contributed by atoms with E-state index in [0.29, 0.717) is 0 Å². The molecule has 4 nitrogen and oxygen atoms in total. The van der Waals surface area contributed by atoms with Crippen molar-refractivity contribution in [2.24, 2.45) is 0 Å². The van der Waals surface area contributed by atoms with Gasteiger partial charge in [-0.1, -0.05) is 0 Å². The van der Waals surface area contributed by atoms with E-state index in [1.165, 1.54) is 0 Å². The molecule has 2 N–H and O–H groups in total. The summed E-state index contributed by atoms with van der Waals surface area (Å²) in [5, 5.41) is 7.79. The van der Waals surface area contributed by atoms with Gasteiger partial charge < -0.3 is 4.90 Å². The minimum atomic E-state index is -6.59. The van der Waals surface area contributed by atoms with E-state index in [9.17, 15) is 35.5 Å². The Kier molecular flexibility index (Phi) is 4.21. The maximum atomic E-state index is 12.7. The first-order valence-electron chi connectivity index (χ1n) is 4.15. The highest BCUT2D eigenvalue weighted by molar-refractivity contribution is 5.99. The second-order valence-corrected chi connectivity index (χ2v) is 3.34. The second-order valence-electron chi connectivity index (χ2n) is 3.34. The Morgan fingerprint density at radius 3 is 1.72 bits per heavy atom. The zero-order valence-corrected chi connectivity index (χ0v) is 9.00. The molecular weight excluding hydrogens is 275 g/mol. The summed E-state index contributed by atoms with van der Waals surface area (Å²) in [4.78, 5) is 11.4. The lowest BCUT2D eigenvalue weighted by Crippen LogP contribution is -2.60. The molecular formula is C7H8F7N3O. The van der Waals surface area contributed by atoms with Gasteiger partial charge in [-0.05, 0) is 0 Å². The third-order valence-electron chi connectivity index (χ3n) is 1.71. The molecule has 18 heavy (non-hydrogen) atoms. The molecule has 0 aliphatic heterocycles. The summed E-state index contributed by atoms with van der Waals surface area (Å²) in [7, 11) is 2.17. The van der Waals surface area contributed by atoms with Gasteiger partial charge in [0.1, 0.15) is 0 Å². The number of hydrogen-bond donors (Lipinski definition) is 2. The summed E-state index contributed by atoms with van der Waals surface area (Å²) in [5.41, 5.74) is 0. The lowest BCUT2D eigenvalue weighted by molar-refractivity contribution is -0.343. The van der Waals surface area contributed by atoms with Crippen LogP contribution in [0.1, 0.15) is 0 Å². The first kappa shape index (κ1) is 16.4. The van der Waals surface area contributed by atoms with Crippen LogP contribution in [0, 0.1) is 5.41 Å². The van der Waals surface area contributed by atoms with Gasteiger partial charge >= 0.3 is 23.9 Å². The predicted molar refractivity (Wildman–Crippen MR) is 45.5 cm³/mol. The van der Waals surface area contributed by atoms with Crippen LogP contribution in [0.5, 0.6) is 0 Å². The molecule has 0 heterocycles. The number of rotatable bonds is 2. The third kappa shape index (κ3) is 2.82. The molecule has 0 aliphatic rings. The molecule has 0 aromatic rings. The lowest BCUT2D eigenvalue weighted by Gasteiger charge is -2.27. The van der Waals surface area contributed by atoms with Crippen molar-refractivity contribution >= 4 is 11.9 Å². The highest BCUT2D eigenvalue weighted by Gasteiger charge is 2.76. The molecule has 0 saturated carbocycles. The van der Waals surface area contributed by atoms with E-state index < -0.39 is 29.9 Å². The summed E-state index contributed by atoms with van der Waals surface area (Å²) in [5.74, 6) is -16.5. The van der Waals surface area contributed by atoms with Crippen molar-refractivity contribution in [3.05, 3.63) is 0 Å². The van der Waals surface area contributed by atoms with E-state index in [-0.39, 0.29) is 0 Å². The number of carbonyl (C=O) groups excluding carboxylic acids is 1. The molecule has 0 atom stereocenters. The van der Waals surface area contributed by atoms with Gasteiger partial charge in [0, 0.05) is 14.1 Å².